The Kier molecular flexibility index (Phi) is 5.76. The van der Waals surface area contributed by atoms with E-state index < -0.39 is 0 Å². The van der Waals surface area contributed by atoms with E-state index in [1.165, 1.54) is 0 Å². The van der Waals surface area contributed by atoms with Gasteiger partial charge >= 0.3 is 0 Å². The van der Waals surface area contributed by atoms with Crippen LogP contribution in [-0.2, 0) is 13.1 Å². The highest BCUT2D eigenvalue weighted by molar-refractivity contribution is 5.94. The van der Waals surface area contributed by atoms with Crippen LogP contribution in [0.25, 0.3) is 11.3 Å². The van der Waals surface area contributed by atoms with Crippen molar-refractivity contribution < 1.29 is 14.3 Å². The molecule has 0 spiro atoms. The Bertz CT molecular complexity index is 920. The van der Waals surface area contributed by atoms with Crippen LogP contribution in [0.3, 0.4) is 0 Å². The largest absolute Gasteiger partial charge is 0.497 e. The molecule has 27 heavy (non-hydrogen) atoms. The first kappa shape index (κ1) is 18.5. The normalized spacial score (nSPS) is 10.5. The molecule has 0 aliphatic carbocycles. The van der Waals surface area contributed by atoms with E-state index in [-0.39, 0.29) is 5.91 Å². The number of nitrogens with one attached hydrogen (secondary N) is 1. The summed E-state index contributed by atoms with van der Waals surface area (Å²) in [4.78, 5) is 12.7. The van der Waals surface area contributed by atoms with E-state index in [1.807, 2.05) is 49.4 Å². The quantitative estimate of drug-likeness (QED) is 0.696. The molecule has 1 amide bonds. The summed E-state index contributed by atoms with van der Waals surface area (Å²) in [6.07, 6.45) is 0. The van der Waals surface area contributed by atoms with Gasteiger partial charge in [-0.05, 0) is 30.7 Å². The van der Waals surface area contributed by atoms with Gasteiger partial charge in [-0.25, -0.2) is 0 Å². The average Bonchev–Trinajstić information content (AvgIpc) is 3.16. The lowest BCUT2D eigenvalue weighted by molar-refractivity contribution is 0.0940. The second-order valence-corrected chi connectivity index (χ2v) is 5.97. The summed E-state index contributed by atoms with van der Waals surface area (Å²) in [7, 11) is 3.21. The van der Waals surface area contributed by atoms with E-state index in [0.29, 0.717) is 36.0 Å². The van der Waals surface area contributed by atoms with E-state index in [9.17, 15) is 4.79 Å². The fourth-order valence-corrected chi connectivity index (χ4v) is 2.85. The van der Waals surface area contributed by atoms with Crippen LogP contribution >= 0.6 is 0 Å². The summed E-state index contributed by atoms with van der Waals surface area (Å²) >= 11 is 0. The minimum atomic E-state index is -0.160. The number of hydrogen-bond donors (Lipinski definition) is 1. The lowest BCUT2D eigenvalue weighted by atomic mass is 10.1. The molecule has 0 saturated heterocycles. The molecule has 2 aromatic carbocycles. The number of carbonyl (C=O) groups excluding carboxylic acids is 1. The molecular formula is C21H23N3O3. The number of amides is 1. The van der Waals surface area contributed by atoms with Crippen LogP contribution in [0.15, 0.2) is 54.6 Å². The first-order valence-corrected chi connectivity index (χ1v) is 8.78. The molecule has 6 heteroatoms. The summed E-state index contributed by atoms with van der Waals surface area (Å²) in [5.41, 5.74) is 3.05. The summed E-state index contributed by atoms with van der Waals surface area (Å²) in [6.45, 7) is 3.01. The average molecular weight is 365 g/mol. The predicted molar refractivity (Wildman–Crippen MR) is 104 cm³/mol. The Hall–Kier alpha value is -3.28. The lowest BCUT2D eigenvalue weighted by Gasteiger charge is -2.08. The van der Waals surface area contributed by atoms with Crippen LogP contribution in [-0.4, -0.2) is 29.9 Å². The summed E-state index contributed by atoms with van der Waals surface area (Å²) < 4.78 is 12.4. The molecule has 3 rings (SSSR count). The zero-order valence-corrected chi connectivity index (χ0v) is 15.7. The number of nitrogens with zero attached hydrogens (tertiary/aromatic N) is 2. The van der Waals surface area contributed by atoms with E-state index in [2.05, 4.69) is 10.4 Å². The molecule has 0 unspecified atom stereocenters. The Morgan fingerprint density at radius 1 is 1.07 bits per heavy atom. The van der Waals surface area contributed by atoms with Crippen molar-refractivity contribution >= 4 is 5.91 Å². The maximum atomic E-state index is 12.7. The van der Waals surface area contributed by atoms with Gasteiger partial charge in [0.15, 0.2) is 0 Å². The highest BCUT2D eigenvalue weighted by atomic mass is 16.5. The molecule has 1 aromatic heterocycles. The van der Waals surface area contributed by atoms with Crippen molar-refractivity contribution in [2.75, 3.05) is 14.2 Å². The third-order valence-corrected chi connectivity index (χ3v) is 4.29. The van der Waals surface area contributed by atoms with E-state index in [0.717, 1.165) is 11.1 Å². The van der Waals surface area contributed by atoms with Crippen LogP contribution < -0.4 is 14.8 Å². The van der Waals surface area contributed by atoms with Crippen LogP contribution in [0.5, 0.6) is 11.5 Å². The Morgan fingerprint density at radius 2 is 1.85 bits per heavy atom. The Morgan fingerprint density at radius 3 is 2.52 bits per heavy atom. The van der Waals surface area contributed by atoms with Crippen molar-refractivity contribution in [1.29, 1.82) is 0 Å². The number of aromatic nitrogens is 2. The summed E-state index contributed by atoms with van der Waals surface area (Å²) in [5, 5.41) is 7.52. The van der Waals surface area contributed by atoms with Gasteiger partial charge in [0.2, 0.25) is 0 Å². The van der Waals surface area contributed by atoms with Crippen molar-refractivity contribution in [2.45, 2.75) is 20.0 Å². The standard InChI is InChI=1S/C21H23N3O3/c1-4-24-19(21(25)22-14-15-8-6-5-7-9-15)13-18(23-24)17-11-10-16(26-2)12-20(17)27-3/h5-13H,4,14H2,1-3H3,(H,22,25). The number of aryl methyl sites for hydroxylation is 1. The van der Waals surface area contributed by atoms with Gasteiger partial charge in [-0.2, -0.15) is 5.10 Å². The van der Waals surface area contributed by atoms with Gasteiger partial charge in [0.1, 0.15) is 17.2 Å². The number of hydrogen-bond acceptors (Lipinski definition) is 4. The van der Waals surface area contributed by atoms with Crippen LogP contribution in [0, 0.1) is 0 Å². The van der Waals surface area contributed by atoms with E-state index in [4.69, 9.17) is 9.47 Å². The van der Waals surface area contributed by atoms with Crippen molar-refractivity contribution in [3.8, 4) is 22.8 Å². The molecule has 3 aromatic rings. The van der Waals surface area contributed by atoms with Crippen LogP contribution in [0.4, 0.5) is 0 Å². The maximum Gasteiger partial charge on any atom is 0.269 e. The molecule has 6 nitrogen and oxygen atoms in total. The molecule has 0 bridgehead atoms. The second kappa shape index (κ2) is 8.40. The summed E-state index contributed by atoms with van der Waals surface area (Å²) in [5.74, 6) is 1.18. The molecule has 0 fully saturated rings. The highest BCUT2D eigenvalue weighted by Gasteiger charge is 2.18. The van der Waals surface area contributed by atoms with Gasteiger partial charge in [-0.1, -0.05) is 30.3 Å². The minimum absolute atomic E-state index is 0.160. The first-order chi connectivity index (χ1) is 13.2. The third kappa shape index (κ3) is 4.11. The van der Waals surface area contributed by atoms with Gasteiger partial charge in [-0.3, -0.25) is 9.48 Å². The maximum absolute atomic E-state index is 12.7. The molecule has 0 atom stereocenters. The first-order valence-electron chi connectivity index (χ1n) is 8.78. The fourth-order valence-electron chi connectivity index (χ4n) is 2.85. The molecule has 140 valence electrons. The number of methoxy groups -OCH3 is 2. The molecule has 0 aliphatic rings. The van der Waals surface area contributed by atoms with Crippen molar-refractivity contribution in [3.63, 3.8) is 0 Å². The van der Waals surface area contributed by atoms with Gasteiger partial charge in [0.25, 0.3) is 5.91 Å². The van der Waals surface area contributed by atoms with Gasteiger partial charge in [0, 0.05) is 24.7 Å². The van der Waals surface area contributed by atoms with E-state index >= 15 is 0 Å². The van der Waals surface area contributed by atoms with Crippen molar-refractivity contribution in [1.82, 2.24) is 15.1 Å². The third-order valence-electron chi connectivity index (χ3n) is 4.29. The molecule has 0 saturated carbocycles. The molecule has 1 N–H and O–H groups in total. The number of carbonyl (C=O) groups is 1. The second-order valence-electron chi connectivity index (χ2n) is 5.97. The molecule has 0 radical (unpaired) electrons. The van der Waals surface area contributed by atoms with Crippen LogP contribution in [0.1, 0.15) is 23.0 Å². The predicted octanol–water partition coefficient (Wildman–Crippen LogP) is 3.52. The Balaban J connectivity index is 1.86. The van der Waals surface area contributed by atoms with Crippen molar-refractivity contribution in [2.24, 2.45) is 0 Å². The van der Waals surface area contributed by atoms with Crippen molar-refractivity contribution in [3.05, 3.63) is 65.9 Å². The Labute approximate surface area is 158 Å². The molecule has 0 aliphatic heterocycles. The van der Waals surface area contributed by atoms with Gasteiger partial charge < -0.3 is 14.8 Å². The SMILES string of the molecule is CCn1nc(-c2ccc(OC)cc2OC)cc1C(=O)NCc1ccccc1. The number of rotatable bonds is 7. The lowest BCUT2D eigenvalue weighted by Crippen LogP contribution is -2.25. The van der Waals surface area contributed by atoms with Gasteiger partial charge in [-0.15, -0.1) is 0 Å². The molecule has 1 heterocycles. The highest BCUT2D eigenvalue weighted by Crippen LogP contribution is 2.32. The monoisotopic (exact) mass is 365 g/mol. The summed E-state index contributed by atoms with van der Waals surface area (Å²) in [6, 6.07) is 17.1. The van der Waals surface area contributed by atoms with Crippen LogP contribution in [0.2, 0.25) is 0 Å². The topological polar surface area (TPSA) is 65.4 Å². The fraction of sp³-hybridized carbons (Fsp3) is 0.238. The zero-order valence-electron chi connectivity index (χ0n) is 15.7. The van der Waals surface area contributed by atoms with Gasteiger partial charge in [0.05, 0.1) is 19.9 Å². The zero-order chi connectivity index (χ0) is 19.2. The van der Waals surface area contributed by atoms with E-state index in [1.54, 1.807) is 31.0 Å². The minimum Gasteiger partial charge on any atom is -0.497 e. The molecular weight excluding hydrogens is 342 g/mol. The smallest absolute Gasteiger partial charge is 0.269 e. The number of ether oxygens (including phenoxy) is 2. The number of benzene rings is 2.